The van der Waals surface area contributed by atoms with Crippen LogP contribution in [-0.2, 0) is 0 Å². The van der Waals surface area contributed by atoms with Gasteiger partial charge in [0.2, 0.25) is 0 Å². The molecule has 0 spiro atoms. The quantitative estimate of drug-likeness (QED) is 0.186. The van der Waals surface area contributed by atoms with Crippen molar-refractivity contribution in [2.45, 2.75) is 0 Å². The Labute approximate surface area is 285 Å². The van der Waals surface area contributed by atoms with Crippen LogP contribution in [0.5, 0.6) is 0 Å². The third-order valence-electron chi connectivity index (χ3n) is 7.88. The zero-order valence-electron chi connectivity index (χ0n) is 40.3. The largest absolute Gasteiger partial charge is 0.456 e. The second kappa shape index (κ2) is 10.4. The average molecular weight is 590 g/mol. The summed E-state index contributed by atoms with van der Waals surface area (Å²) in [7, 11) is 0. The first-order chi connectivity index (χ1) is 29.4. The van der Waals surface area contributed by atoms with Crippen LogP contribution >= 0.6 is 0 Å². The van der Waals surface area contributed by atoms with E-state index in [4.69, 9.17) is 16.8 Å². The molecule has 0 aliphatic heterocycles. The summed E-state index contributed by atoms with van der Waals surface area (Å²) in [4.78, 5) is 0. The average Bonchev–Trinajstić information content (AvgIpc) is 3.66. The van der Waals surface area contributed by atoms with Crippen molar-refractivity contribution in [3.8, 4) is 44.5 Å². The molecule has 0 saturated heterocycles. The molecule has 0 radical (unpaired) electrons. The van der Waals surface area contributed by atoms with E-state index in [1.54, 1.807) is 30.3 Å². The second-order valence-corrected chi connectivity index (χ2v) is 10.3. The summed E-state index contributed by atoms with van der Waals surface area (Å²) < 4.78 is 158. The zero-order chi connectivity index (χ0) is 44.5. The molecular formula is C44H28O. The van der Waals surface area contributed by atoms with Gasteiger partial charge < -0.3 is 4.42 Å². The van der Waals surface area contributed by atoms with E-state index in [9.17, 15) is 11.0 Å². The maximum Gasteiger partial charge on any atom is 0.136 e. The highest BCUT2D eigenvalue weighted by atomic mass is 16.3. The second-order valence-electron chi connectivity index (χ2n) is 10.3. The molecule has 9 aromatic rings. The minimum absolute atomic E-state index is 0.0187. The Balaban J connectivity index is 1.57. The van der Waals surface area contributed by atoms with Crippen LogP contribution in [0.3, 0.4) is 0 Å². The zero-order valence-corrected chi connectivity index (χ0v) is 23.3. The number of fused-ring (bicyclic) bond motifs is 5. The van der Waals surface area contributed by atoms with Crippen LogP contribution in [0.2, 0.25) is 0 Å². The lowest BCUT2D eigenvalue weighted by Gasteiger charge is -2.20. The predicted molar refractivity (Wildman–Crippen MR) is 190 cm³/mol. The lowest BCUT2D eigenvalue weighted by atomic mass is 9.82. The van der Waals surface area contributed by atoms with Gasteiger partial charge in [-0.05, 0) is 78.7 Å². The van der Waals surface area contributed by atoms with E-state index < -0.39 is 125 Å². The molecule has 45 heavy (non-hydrogen) atoms. The van der Waals surface area contributed by atoms with Gasteiger partial charge in [-0.3, -0.25) is 0 Å². The molecule has 0 aliphatic rings. The lowest BCUT2D eigenvalue weighted by molar-refractivity contribution is 0.669. The Morgan fingerprint density at radius 2 is 0.911 bits per heavy atom. The Kier molecular flexibility index (Phi) is 3.18. The first-order valence-corrected chi connectivity index (χ1v) is 14.1. The molecule has 0 N–H and O–H groups in total. The summed E-state index contributed by atoms with van der Waals surface area (Å²) in [6.45, 7) is 0. The molecule has 1 aromatic heterocycles. The number of benzene rings is 8. The monoisotopic (exact) mass is 589 g/mol. The summed E-state index contributed by atoms with van der Waals surface area (Å²) in [5.41, 5.74) is 0.132. The first-order valence-electron chi connectivity index (χ1n) is 22.6. The standard InChI is InChI=1S/C44H28O/c1-3-13-29(14-4-1)30-23-25-32(26-24-30)41-33-17-7-9-19-35(33)43(36-20-10-8-18-34(36)41)38-27-28-40-44(37-21-11-12-22-39(37)45-40)42(38)31-15-5-2-6-16-31/h1-28H/i1D,3D,4D,7D,8D,9D,10D,13D,14D,17D,18D,19D,20D,23D,24D,25D,26D. The van der Waals surface area contributed by atoms with Crippen LogP contribution < -0.4 is 0 Å². The van der Waals surface area contributed by atoms with Crippen molar-refractivity contribution >= 4 is 43.5 Å². The third kappa shape index (κ3) is 4.09. The van der Waals surface area contributed by atoms with Crippen LogP contribution in [0.1, 0.15) is 23.3 Å². The van der Waals surface area contributed by atoms with Crippen molar-refractivity contribution in [2.24, 2.45) is 0 Å². The van der Waals surface area contributed by atoms with Gasteiger partial charge in [0.1, 0.15) is 11.2 Å². The van der Waals surface area contributed by atoms with Crippen LogP contribution in [0, 0.1) is 0 Å². The van der Waals surface area contributed by atoms with Gasteiger partial charge in [-0.15, -0.1) is 0 Å². The number of hydrogen-bond acceptors (Lipinski definition) is 1. The number of para-hydroxylation sites is 1. The van der Waals surface area contributed by atoms with Crippen LogP contribution in [-0.4, -0.2) is 0 Å². The molecule has 1 heteroatoms. The van der Waals surface area contributed by atoms with Gasteiger partial charge in [0, 0.05) is 16.3 Å². The highest BCUT2D eigenvalue weighted by Crippen LogP contribution is 2.49. The van der Waals surface area contributed by atoms with Crippen molar-refractivity contribution in [1.82, 2.24) is 0 Å². The van der Waals surface area contributed by atoms with Crippen LogP contribution in [0.25, 0.3) is 88.0 Å². The summed E-state index contributed by atoms with van der Waals surface area (Å²) in [6.07, 6.45) is 0. The van der Waals surface area contributed by atoms with Gasteiger partial charge in [-0.25, -0.2) is 0 Å². The maximum absolute atomic E-state index is 9.49. The minimum Gasteiger partial charge on any atom is -0.456 e. The molecular weight excluding hydrogens is 544 g/mol. The van der Waals surface area contributed by atoms with Crippen LogP contribution in [0.4, 0.5) is 0 Å². The Hall–Kier alpha value is -5.92. The van der Waals surface area contributed by atoms with E-state index in [1.807, 2.05) is 36.4 Å². The molecule has 0 amide bonds. The van der Waals surface area contributed by atoms with Crippen molar-refractivity contribution in [2.75, 3.05) is 0 Å². The normalized spacial score (nSPS) is 16.8. The molecule has 1 heterocycles. The summed E-state index contributed by atoms with van der Waals surface area (Å²) >= 11 is 0. The maximum atomic E-state index is 9.49. The fourth-order valence-electron chi connectivity index (χ4n) is 6.01. The van der Waals surface area contributed by atoms with Gasteiger partial charge in [0.25, 0.3) is 0 Å². The van der Waals surface area contributed by atoms with E-state index in [-0.39, 0.29) is 27.1 Å². The van der Waals surface area contributed by atoms with E-state index in [2.05, 4.69) is 0 Å². The molecule has 1 nitrogen and oxygen atoms in total. The van der Waals surface area contributed by atoms with E-state index in [0.29, 0.717) is 38.6 Å². The molecule has 210 valence electrons. The fourth-order valence-corrected chi connectivity index (χ4v) is 6.01. The molecule has 0 fully saturated rings. The van der Waals surface area contributed by atoms with Gasteiger partial charge in [0.05, 0.1) is 23.3 Å². The summed E-state index contributed by atoms with van der Waals surface area (Å²) in [5.74, 6) is 0. The Morgan fingerprint density at radius 3 is 1.60 bits per heavy atom. The topological polar surface area (TPSA) is 13.1 Å². The van der Waals surface area contributed by atoms with Crippen molar-refractivity contribution in [1.29, 1.82) is 0 Å². The molecule has 0 aliphatic carbocycles. The molecule has 0 atom stereocenters. The van der Waals surface area contributed by atoms with E-state index >= 15 is 0 Å². The summed E-state index contributed by atoms with van der Waals surface area (Å²) in [5, 5.41) is 0.102. The molecule has 0 unspecified atom stereocenters. The van der Waals surface area contributed by atoms with Crippen molar-refractivity contribution in [3.63, 3.8) is 0 Å². The Morgan fingerprint density at radius 1 is 0.356 bits per heavy atom. The van der Waals surface area contributed by atoms with Gasteiger partial charge in [-0.2, -0.15) is 0 Å². The van der Waals surface area contributed by atoms with Crippen molar-refractivity contribution in [3.05, 3.63) is 169 Å². The van der Waals surface area contributed by atoms with Gasteiger partial charge in [0.15, 0.2) is 0 Å². The number of rotatable bonds is 4. The first kappa shape index (κ1) is 13.8. The van der Waals surface area contributed by atoms with E-state index in [1.165, 1.54) is 0 Å². The minimum atomic E-state index is -0.866. The predicted octanol–water partition coefficient (Wildman–Crippen LogP) is 12.6. The molecule has 8 aromatic carbocycles. The van der Waals surface area contributed by atoms with Crippen LogP contribution in [0.15, 0.2) is 174 Å². The molecule has 9 rings (SSSR count). The third-order valence-corrected chi connectivity index (χ3v) is 7.88. The molecule has 0 saturated carbocycles. The van der Waals surface area contributed by atoms with Crippen molar-refractivity contribution < 1.29 is 27.7 Å². The van der Waals surface area contributed by atoms with E-state index in [0.717, 1.165) is 0 Å². The molecule has 0 bridgehead atoms. The number of furan rings is 1. The highest BCUT2D eigenvalue weighted by molar-refractivity contribution is 6.25. The fraction of sp³-hybridized carbons (Fsp3) is 0. The lowest BCUT2D eigenvalue weighted by Crippen LogP contribution is -1.93. The number of hydrogen-bond donors (Lipinski definition) is 0. The summed E-state index contributed by atoms with van der Waals surface area (Å²) in [6, 6.07) is 6.80. The van der Waals surface area contributed by atoms with Gasteiger partial charge >= 0.3 is 0 Å². The Bertz CT molecular complexity index is 3350. The highest BCUT2D eigenvalue weighted by Gasteiger charge is 2.22. The smallest absolute Gasteiger partial charge is 0.136 e. The SMILES string of the molecule is [2H]c1c([2H])c([2H])c(-c2c([2H])c([2H])c(-c3c4c([2H])c([2H])c([2H])c([2H])c4c(-c4ccc5oc6ccccc6c5c4-c4ccccc4)c4c([2H])c([2H])c([2H])c([2H])c34)c([2H])c2[2H])c([2H])c1[2H]. The van der Waals surface area contributed by atoms with Gasteiger partial charge in [-0.1, -0.05) is 151 Å².